The van der Waals surface area contributed by atoms with Crippen molar-refractivity contribution in [1.82, 2.24) is 15.5 Å². The summed E-state index contributed by atoms with van der Waals surface area (Å²) in [5.74, 6) is 0.354. The molecule has 0 saturated heterocycles. The topological polar surface area (TPSA) is 90.7 Å². The van der Waals surface area contributed by atoms with Crippen molar-refractivity contribution < 1.29 is 4.79 Å². The third-order valence-electron chi connectivity index (χ3n) is 3.78. The van der Waals surface area contributed by atoms with E-state index in [1.54, 1.807) is 6.92 Å². The van der Waals surface area contributed by atoms with Crippen LogP contribution in [0.5, 0.6) is 0 Å². The lowest BCUT2D eigenvalue weighted by Gasteiger charge is -2.22. The molecule has 0 spiro atoms. The van der Waals surface area contributed by atoms with Crippen LogP contribution < -0.4 is 10.6 Å². The summed E-state index contributed by atoms with van der Waals surface area (Å²) in [4.78, 5) is 12.1. The molecule has 24 heavy (non-hydrogen) atoms. The molecule has 0 bridgehead atoms. The van der Waals surface area contributed by atoms with Gasteiger partial charge < -0.3 is 10.6 Å². The van der Waals surface area contributed by atoms with Crippen molar-refractivity contribution in [3.63, 3.8) is 0 Å². The number of anilines is 2. The zero-order valence-corrected chi connectivity index (χ0v) is 14.8. The van der Waals surface area contributed by atoms with Gasteiger partial charge in [-0.3, -0.25) is 4.79 Å². The summed E-state index contributed by atoms with van der Waals surface area (Å²) in [5, 5.41) is 24.1. The maximum atomic E-state index is 12.1. The maximum absolute atomic E-state index is 12.1. The van der Waals surface area contributed by atoms with Crippen LogP contribution in [0.1, 0.15) is 19.8 Å². The van der Waals surface area contributed by atoms with Gasteiger partial charge in [-0.15, -0.1) is 10.2 Å². The number of carbonyl (C=O) groups excluding carboxylic acids is 1. The molecule has 1 atom stereocenters. The first kappa shape index (κ1) is 16.7. The third kappa shape index (κ3) is 4.24. The molecule has 8 heteroatoms. The molecule has 1 amide bonds. The number of amides is 1. The van der Waals surface area contributed by atoms with Gasteiger partial charge in [0.1, 0.15) is 5.54 Å². The van der Waals surface area contributed by atoms with Gasteiger partial charge in [0, 0.05) is 5.69 Å². The Bertz CT molecular complexity index is 753. The largest absolute Gasteiger partial charge is 0.337 e. The van der Waals surface area contributed by atoms with E-state index >= 15 is 0 Å². The second-order valence-electron chi connectivity index (χ2n) is 5.79. The predicted octanol–water partition coefficient (Wildman–Crippen LogP) is 3.18. The number of para-hydroxylation sites is 1. The molecule has 6 nitrogen and oxygen atoms in total. The standard InChI is InChI=1S/C16H17N5OS2/c1-16(10-17,11-7-8-11)19-13(22)9-23-15-21-20-14(24-15)18-12-5-3-2-4-6-12/h2-6,11H,7-9H2,1H3,(H,18,20)(H,19,22). The van der Waals surface area contributed by atoms with Crippen molar-refractivity contribution in [2.24, 2.45) is 5.92 Å². The lowest BCUT2D eigenvalue weighted by molar-refractivity contribution is -0.119. The van der Waals surface area contributed by atoms with Crippen LogP contribution in [0.15, 0.2) is 34.7 Å². The van der Waals surface area contributed by atoms with Gasteiger partial charge in [0.2, 0.25) is 11.0 Å². The molecule has 1 unspecified atom stereocenters. The molecule has 1 fully saturated rings. The minimum atomic E-state index is -0.751. The van der Waals surface area contributed by atoms with E-state index in [4.69, 9.17) is 0 Å². The number of nitriles is 1. The average molecular weight is 359 g/mol. The van der Waals surface area contributed by atoms with Gasteiger partial charge in [0.25, 0.3) is 0 Å². The molecule has 0 radical (unpaired) electrons. The first-order valence-corrected chi connectivity index (χ1v) is 9.40. The van der Waals surface area contributed by atoms with Gasteiger partial charge in [-0.1, -0.05) is 41.3 Å². The Balaban J connectivity index is 1.50. The Hall–Kier alpha value is -2.11. The Kier molecular flexibility index (Phi) is 5.02. The number of carbonyl (C=O) groups is 1. The minimum Gasteiger partial charge on any atom is -0.337 e. The van der Waals surface area contributed by atoms with Crippen LogP contribution in [0, 0.1) is 17.2 Å². The number of benzene rings is 1. The number of aromatic nitrogens is 2. The first-order valence-electron chi connectivity index (χ1n) is 7.60. The number of nitrogens with one attached hydrogen (secondary N) is 2. The normalized spacial score (nSPS) is 16.0. The fourth-order valence-corrected chi connectivity index (χ4v) is 3.87. The maximum Gasteiger partial charge on any atom is 0.231 e. The smallest absolute Gasteiger partial charge is 0.231 e. The number of thioether (sulfide) groups is 1. The Morgan fingerprint density at radius 3 is 2.83 bits per heavy atom. The van der Waals surface area contributed by atoms with E-state index in [9.17, 15) is 10.1 Å². The van der Waals surface area contributed by atoms with Crippen LogP contribution in [0.2, 0.25) is 0 Å². The minimum absolute atomic E-state index is 0.149. The molecule has 2 aromatic rings. The molecule has 1 aliphatic carbocycles. The monoisotopic (exact) mass is 359 g/mol. The lowest BCUT2D eigenvalue weighted by atomic mass is 9.98. The highest BCUT2D eigenvalue weighted by molar-refractivity contribution is 8.01. The summed E-state index contributed by atoms with van der Waals surface area (Å²) in [6.07, 6.45) is 2.00. The van der Waals surface area contributed by atoms with Gasteiger partial charge in [-0.05, 0) is 37.8 Å². The number of rotatable bonds is 7. The third-order valence-corrected chi connectivity index (χ3v) is 5.76. The van der Waals surface area contributed by atoms with E-state index in [2.05, 4.69) is 26.9 Å². The summed E-state index contributed by atoms with van der Waals surface area (Å²) < 4.78 is 0.716. The molecule has 1 aromatic heterocycles. The predicted molar refractivity (Wildman–Crippen MR) is 95.2 cm³/mol. The van der Waals surface area contributed by atoms with Crippen molar-refractivity contribution in [2.75, 3.05) is 11.1 Å². The second-order valence-corrected chi connectivity index (χ2v) is 7.99. The Morgan fingerprint density at radius 1 is 1.42 bits per heavy atom. The fraction of sp³-hybridized carbons (Fsp3) is 0.375. The van der Waals surface area contributed by atoms with Crippen molar-refractivity contribution in [3.8, 4) is 6.07 Å². The van der Waals surface area contributed by atoms with Gasteiger partial charge in [-0.25, -0.2) is 0 Å². The highest BCUT2D eigenvalue weighted by atomic mass is 32.2. The van der Waals surface area contributed by atoms with Crippen LogP contribution in [-0.2, 0) is 4.79 Å². The van der Waals surface area contributed by atoms with E-state index in [0.29, 0.717) is 9.47 Å². The average Bonchev–Trinajstić information content (AvgIpc) is 3.36. The number of nitrogens with zero attached hydrogens (tertiary/aromatic N) is 3. The van der Waals surface area contributed by atoms with Crippen LogP contribution in [-0.4, -0.2) is 27.4 Å². The highest BCUT2D eigenvalue weighted by Crippen LogP contribution is 2.39. The molecule has 1 aliphatic rings. The summed E-state index contributed by atoms with van der Waals surface area (Å²) in [6.45, 7) is 1.79. The molecular formula is C16H17N5OS2. The van der Waals surface area contributed by atoms with Gasteiger partial charge >= 0.3 is 0 Å². The van der Waals surface area contributed by atoms with Crippen LogP contribution in [0.4, 0.5) is 10.8 Å². The Labute approximate surface area is 148 Å². The quantitative estimate of drug-likeness (QED) is 0.738. The van der Waals surface area contributed by atoms with Crippen LogP contribution in [0.3, 0.4) is 0 Å². The summed E-state index contributed by atoms with van der Waals surface area (Å²) in [7, 11) is 0. The van der Waals surface area contributed by atoms with Crippen molar-refractivity contribution in [3.05, 3.63) is 30.3 Å². The van der Waals surface area contributed by atoms with E-state index in [-0.39, 0.29) is 17.6 Å². The molecule has 1 saturated carbocycles. The molecule has 1 aromatic carbocycles. The fourth-order valence-electron chi connectivity index (χ4n) is 2.30. The van der Waals surface area contributed by atoms with E-state index in [0.717, 1.165) is 18.5 Å². The number of hydrogen-bond acceptors (Lipinski definition) is 7. The number of hydrogen-bond donors (Lipinski definition) is 2. The molecule has 2 N–H and O–H groups in total. The summed E-state index contributed by atoms with van der Waals surface area (Å²) in [6, 6.07) is 11.9. The van der Waals surface area contributed by atoms with Gasteiger partial charge in [0.05, 0.1) is 11.8 Å². The van der Waals surface area contributed by atoms with Crippen LogP contribution >= 0.6 is 23.1 Å². The molecular weight excluding hydrogens is 342 g/mol. The van der Waals surface area contributed by atoms with E-state index in [1.807, 2.05) is 30.3 Å². The van der Waals surface area contributed by atoms with Crippen molar-refractivity contribution in [1.29, 1.82) is 5.26 Å². The van der Waals surface area contributed by atoms with Crippen molar-refractivity contribution in [2.45, 2.75) is 29.6 Å². The van der Waals surface area contributed by atoms with Crippen molar-refractivity contribution >= 4 is 39.8 Å². The molecule has 0 aliphatic heterocycles. The Morgan fingerprint density at radius 2 is 2.17 bits per heavy atom. The van der Waals surface area contributed by atoms with Gasteiger partial charge in [-0.2, -0.15) is 5.26 Å². The summed E-state index contributed by atoms with van der Waals surface area (Å²) in [5.41, 5.74) is 0.191. The zero-order chi connectivity index (χ0) is 17.0. The SMILES string of the molecule is CC(C#N)(NC(=O)CSc1nnc(Nc2ccccc2)s1)C1CC1. The molecule has 124 valence electrons. The van der Waals surface area contributed by atoms with Crippen LogP contribution in [0.25, 0.3) is 0 Å². The van der Waals surface area contributed by atoms with E-state index < -0.39 is 5.54 Å². The first-order chi connectivity index (χ1) is 11.6. The summed E-state index contributed by atoms with van der Waals surface area (Å²) >= 11 is 2.72. The molecule has 3 rings (SSSR count). The second kappa shape index (κ2) is 7.20. The zero-order valence-electron chi connectivity index (χ0n) is 13.2. The van der Waals surface area contributed by atoms with E-state index in [1.165, 1.54) is 23.1 Å². The molecule has 1 heterocycles. The van der Waals surface area contributed by atoms with Gasteiger partial charge in [0.15, 0.2) is 4.34 Å². The lowest BCUT2D eigenvalue weighted by Crippen LogP contribution is -2.47. The highest BCUT2D eigenvalue weighted by Gasteiger charge is 2.42.